The standard InChI is InChI=1S/C19H28N2O3/c1-2-5-15(20)18(22)21-13-19(8-3-4-9-19)14-6-7-16-17(12-14)24-11-10-23-16/h6-7,12,15H,2-5,8-11,13,20H2,1H3,(H,21,22). The molecule has 1 saturated carbocycles. The fraction of sp³-hybridized carbons (Fsp3) is 0.632. The van der Waals surface area contributed by atoms with Crippen LogP contribution in [0.1, 0.15) is 51.0 Å². The second kappa shape index (κ2) is 7.43. The third-order valence-corrected chi connectivity index (χ3v) is 5.25. The Hall–Kier alpha value is -1.75. The largest absolute Gasteiger partial charge is 0.486 e. The number of rotatable bonds is 6. The first kappa shape index (κ1) is 17.1. The molecule has 24 heavy (non-hydrogen) atoms. The quantitative estimate of drug-likeness (QED) is 0.839. The maximum Gasteiger partial charge on any atom is 0.236 e. The summed E-state index contributed by atoms with van der Waals surface area (Å²) in [5, 5.41) is 3.09. The van der Waals surface area contributed by atoms with Gasteiger partial charge in [0.1, 0.15) is 13.2 Å². The Morgan fingerprint density at radius 3 is 2.67 bits per heavy atom. The van der Waals surface area contributed by atoms with E-state index in [2.05, 4.69) is 17.4 Å². The van der Waals surface area contributed by atoms with Gasteiger partial charge in [-0.3, -0.25) is 4.79 Å². The maximum atomic E-state index is 12.2. The van der Waals surface area contributed by atoms with E-state index in [9.17, 15) is 4.79 Å². The smallest absolute Gasteiger partial charge is 0.236 e. The number of hydrogen-bond acceptors (Lipinski definition) is 4. The predicted molar refractivity (Wildman–Crippen MR) is 93.5 cm³/mol. The van der Waals surface area contributed by atoms with E-state index in [1.165, 1.54) is 18.4 Å². The number of nitrogens with one attached hydrogen (secondary N) is 1. The fourth-order valence-electron chi connectivity index (χ4n) is 3.82. The third kappa shape index (κ3) is 3.51. The molecule has 0 spiro atoms. The van der Waals surface area contributed by atoms with Crippen LogP contribution < -0.4 is 20.5 Å². The summed E-state index contributed by atoms with van der Waals surface area (Å²) in [6.07, 6.45) is 6.17. The summed E-state index contributed by atoms with van der Waals surface area (Å²) in [4.78, 5) is 12.2. The minimum Gasteiger partial charge on any atom is -0.486 e. The van der Waals surface area contributed by atoms with Crippen molar-refractivity contribution in [3.8, 4) is 11.5 Å². The molecule has 1 unspecified atom stereocenters. The van der Waals surface area contributed by atoms with Gasteiger partial charge >= 0.3 is 0 Å². The highest BCUT2D eigenvalue weighted by atomic mass is 16.6. The number of benzene rings is 1. The highest BCUT2D eigenvalue weighted by Crippen LogP contribution is 2.43. The van der Waals surface area contributed by atoms with Crippen molar-refractivity contribution in [3.63, 3.8) is 0 Å². The number of carbonyl (C=O) groups excluding carboxylic acids is 1. The van der Waals surface area contributed by atoms with Crippen molar-refractivity contribution < 1.29 is 14.3 Å². The summed E-state index contributed by atoms with van der Waals surface area (Å²) >= 11 is 0. The summed E-state index contributed by atoms with van der Waals surface area (Å²) < 4.78 is 11.4. The van der Waals surface area contributed by atoms with Gasteiger partial charge < -0.3 is 20.5 Å². The Kier molecular flexibility index (Phi) is 5.29. The lowest BCUT2D eigenvalue weighted by molar-refractivity contribution is -0.122. The summed E-state index contributed by atoms with van der Waals surface area (Å²) in [6.45, 7) is 3.87. The van der Waals surface area contributed by atoms with Crippen molar-refractivity contribution in [1.29, 1.82) is 0 Å². The van der Waals surface area contributed by atoms with E-state index >= 15 is 0 Å². The Balaban J connectivity index is 1.75. The van der Waals surface area contributed by atoms with Gasteiger partial charge in [0.05, 0.1) is 6.04 Å². The minimum absolute atomic E-state index is 0.0164. The van der Waals surface area contributed by atoms with Crippen LogP contribution in [0.5, 0.6) is 11.5 Å². The highest BCUT2D eigenvalue weighted by Gasteiger charge is 2.37. The molecule has 0 saturated heterocycles. The van der Waals surface area contributed by atoms with Gasteiger partial charge in [0, 0.05) is 12.0 Å². The van der Waals surface area contributed by atoms with E-state index in [0.29, 0.717) is 19.8 Å². The molecule has 1 atom stereocenters. The van der Waals surface area contributed by atoms with E-state index in [1.54, 1.807) is 0 Å². The molecule has 3 N–H and O–H groups in total. The Morgan fingerprint density at radius 2 is 1.96 bits per heavy atom. The van der Waals surface area contributed by atoms with Crippen molar-refractivity contribution in [2.24, 2.45) is 5.73 Å². The Morgan fingerprint density at radius 1 is 1.25 bits per heavy atom. The number of carbonyl (C=O) groups is 1. The van der Waals surface area contributed by atoms with E-state index in [0.717, 1.165) is 37.2 Å². The van der Waals surface area contributed by atoms with E-state index in [1.807, 2.05) is 13.0 Å². The van der Waals surface area contributed by atoms with Gasteiger partial charge in [0.2, 0.25) is 5.91 Å². The topological polar surface area (TPSA) is 73.6 Å². The van der Waals surface area contributed by atoms with Gasteiger partial charge in [-0.25, -0.2) is 0 Å². The molecular formula is C19H28N2O3. The molecule has 0 aromatic heterocycles. The molecule has 0 bridgehead atoms. The minimum atomic E-state index is -0.409. The number of ether oxygens (including phenoxy) is 2. The molecule has 0 radical (unpaired) electrons. The van der Waals surface area contributed by atoms with Crippen molar-refractivity contribution in [1.82, 2.24) is 5.32 Å². The van der Waals surface area contributed by atoms with Crippen LogP contribution >= 0.6 is 0 Å². The van der Waals surface area contributed by atoms with Gasteiger partial charge in [-0.05, 0) is 37.0 Å². The summed E-state index contributed by atoms with van der Waals surface area (Å²) in [5.74, 6) is 1.59. The highest BCUT2D eigenvalue weighted by molar-refractivity contribution is 5.81. The molecule has 1 aromatic carbocycles. The third-order valence-electron chi connectivity index (χ3n) is 5.25. The van der Waals surface area contributed by atoms with E-state index in [4.69, 9.17) is 15.2 Å². The first-order valence-electron chi connectivity index (χ1n) is 9.08. The van der Waals surface area contributed by atoms with Crippen LogP contribution in [0.4, 0.5) is 0 Å². The van der Waals surface area contributed by atoms with Crippen molar-refractivity contribution in [2.75, 3.05) is 19.8 Å². The van der Waals surface area contributed by atoms with Crippen molar-refractivity contribution >= 4 is 5.91 Å². The van der Waals surface area contributed by atoms with Crippen LogP contribution in [0.25, 0.3) is 0 Å². The zero-order chi connectivity index (χ0) is 17.0. The van der Waals surface area contributed by atoms with Crippen molar-refractivity contribution in [2.45, 2.75) is 56.9 Å². The molecular weight excluding hydrogens is 304 g/mol. The first-order chi connectivity index (χ1) is 11.6. The SMILES string of the molecule is CCCC(N)C(=O)NCC1(c2ccc3c(c2)OCCO3)CCCC1. The number of hydrogen-bond donors (Lipinski definition) is 2. The van der Waals surface area contributed by atoms with E-state index in [-0.39, 0.29) is 11.3 Å². The average Bonchev–Trinajstić information content (AvgIpc) is 3.09. The monoisotopic (exact) mass is 332 g/mol. The molecule has 5 heteroatoms. The second-order valence-electron chi connectivity index (χ2n) is 6.96. The maximum absolute atomic E-state index is 12.2. The lowest BCUT2D eigenvalue weighted by Crippen LogP contribution is -2.46. The zero-order valence-corrected chi connectivity index (χ0v) is 14.5. The summed E-state index contributed by atoms with van der Waals surface area (Å²) in [5.41, 5.74) is 7.15. The van der Waals surface area contributed by atoms with Crippen LogP contribution in [0.3, 0.4) is 0 Å². The lowest BCUT2D eigenvalue weighted by Gasteiger charge is -2.31. The van der Waals surface area contributed by atoms with Crippen LogP contribution in [0.15, 0.2) is 18.2 Å². The summed E-state index contributed by atoms with van der Waals surface area (Å²) in [7, 11) is 0. The molecule has 1 heterocycles. The molecule has 1 aliphatic heterocycles. The van der Waals surface area contributed by atoms with Gasteiger partial charge in [-0.2, -0.15) is 0 Å². The second-order valence-corrected chi connectivity index (χ2v) is 6.96. The normalized spacial score (nSPS) is 19.8. The van der Waals surface area contributed by atoms with Crippen molar-refractivity contribution in [3.05, 3.63) is 23.8 Å². The molecule has 1 aromatic rings. The molecule has 1 fully saturated rings. The molecule has 2 aliphatic rings. The number of nitrogens with two attached hydrogens (primary N) is 1. The molecule has 5 nitrogen and oxygen atoms in total. The van der Waals surface area contributed by atoms with Gasteiger partial charge in [-0.1, -0.05) is 32.3 Å². The van der Waals surface area contributed by atoms with Crippen LogP contribution in [0.2, 0.25) is 0 Å². The Bertz CT molecular complexity index is 582. The number of fused-ring (bicyclic) bond motifs is 1. The average molecular weight is 332 g/mol. The van der Waals surface area contributed by atoms with Crippen LogP contribution in [-0.4, -0.2) is 31.7 Å². The first-order valence-corrected chi connectivity index (χ1v) is 9.08. The molecule has 3 rings (SSSR count). The van der Waals surface area contributed by atoms with Crippen LogP contribution in [-0.2, 0) is 10.2 Å². The lowest BCUT2D eigenvalue weighted by atomic mass is 9.78. The van der Waals surface area contributed by atoms with Gasteiger partial charge in [0.15, 0.2) is 11.5 Å². The van der Waals surface area contributed by atoms with Gasteiger partial charge in [-0.15, -0.1) is 0 Å². The number of amides is 1. The Labute approximate surface area is 143 Å². The fourth-order valence-corrected chi connectivity index (χ4v) is 3.82. The predicted octanol–water partition coefficient (Wildman–Crippen LogP) is 2.51. The van der Waals surface area contributed by atoms with E-state index < -0.39 is 6.04 Å². The van der Waals surface area contributed by atoms with Crippen LogP contribution in [0, 0.1) is 0 Å². The summed E-state index contributed by atoms with van der Waals surface area (Å²) in [6, 6.07) is 5.80. The zero-order valence-electron chi connectivity index (χ0n) is 14.5. The molecule has 1 amide bonds. The molecule has 132 valence electrons. The molecule has 1 aliphatic carbocycles. The van der Waals surface area contributed by atoms with Gasteiger partial charge in [0.25, 0.3) is 0 Å².